The number of halogens is 1. The average molecular weight is 433 g/mol. The Hall–Kier alpha value is -2.94. The van der Waals surface area contributed by atoms with Gasteiger partial charge in [0.25, 0.3) is 0 Å². The van der Waals surface area contributed by atoms with Crippen LogP contribution in [0.1, 0.15) is 39.7 Å². The SMILES string of the molecule is CC(=O)NC[C@H]1CN(c2ccc(C3=CCNC(C(=O)OC(C)(C)C)C3)c(F)c2)C(=O)O1. The molecule has 168 valence electrons. The molecule has 2 heterocycles. The molecule has 0 aromatic heterocycles. The number of cyclic esters (lactones) is 1. The number of carbonyl (C=O) groups excluding carboxylic acids is 3. The molecule has 2 aliphatic heterocycles. The molecule has 1 saturated heterocycles. The molecule has 2 amide bonds. The van der Waals surface area contributed by atoms with Crippen LogP contribution in [-0.2, 0) is 19.1 Å². The molecule has 2 aliphatic rings. The fourth-order valence-electron chi connectivity index (χ4n) is 3.49. The molecule has 8 nitrogen and oxygen atoms in total. The van der Waals surface area contributed by atoms with Gasteiger partial charge in [-0.1, -0.05) is 6.08 Å². The Balaban J connectivity index is 1.69. The summed E-state index contributed by atoms with van der Waals surface area (Å²) in [6.45, 7) is 7.61. The number of rotatable bonds is 5. The highest BCUT2D eigenvalue weighted by molar-refractivity contribution is 5.90. The summed E-state index contributed by atoms with van der Waals surface area (Å²) in [5.41, 5.74) is 0.844. The Morgan fingerprint density at radius 2 is 2.10 bits per heavy atom. The first kappa shape index (κ1) is 22.7. The minimum atomic E-state index is -0.602. The summed E-state index contributed by atoms with van der Waals surface area (Å²) in [4.78, 5) is 36.9. The van der Waals surface area contributed by atoms with Crippen molar-refractivity contribution in [2.24, 2.45) is 0 Å². The van der Waals surface area contributed by atoms with E-state index in [2.05, 4.69) is 10.6 Å². The van der Waals surface area contributed by atoms with E-state index >= 15 is 0 Å². The number of nitrogens with one attached hydrogen (secondary N) is 2. The number of anilines is 1. The third-order valence-corrected chi connectivity index (χ3v) is 4.89. The minimum Gasteiger partial charge on any atom is -0.459 e. The largest absolute Gasteiger partial charge is 0.459 e. The minimum absolute atomic E-state index is 0.198. The van der Waals surface area contributed by atoms with Crippen LogP contribution < -0.4 is 15.5 Å². The van der Waals surface area contributed by atoms with Gasteiger partial charge in [0, 0.05) is 19.0 Å². The summed E-state index contributed by atoms with van der Waals surface area (Å²) in [5, 5.41) is 5.68. The highest BCUT2D eigenvalue weighted by atomic mass is 19.1. The molecule has 0 aliphatic carbocycles. The van der Waals surface area contributed by atoms with E-state index in [1.165, 1.54) is 17.9 Å². The first-order valence-corrected chi connectivity index (χ1v) is 10.2. The number of esters is 1. The van der Waals surface area contributed by atoms with Crippen molar-refractivity contribution in [2.75, 3.05) is 24.5 Å². The van der Waals surface area contributed by atoms with Crippen molar-refractivity contribution < 1.29 is 28.2 Å². The van der Waals surface area contributed by atoms with Crippen LogP contribution in [-0.4, -0.2) is 55.4 Å². The summed E-state index contributed by atoms with van der Waals surface area (Å²) >= 11 is 0. The van der Waals surface area contributed by atoms with Crippen molar-refractivity contribution in [3.63, 3.8) is 0 Å². The van der Waals surface area contributed by atoms with E-state index in [1.807, 2.05) is 6.08 Å². The van der Waals surface area contributed by atoms with Crippen molar-refractivity contribution in [3.05, 3.63) is 35.7 Å². The van der Waals surface area contributed by atoms with Gasteiger partial charge in [-0.2, -0.15) is 0 Å². The Kier molecular flexibility index (Phi) is 6.64. The van der Waals surface area contributed by atoms with Gasteiger partial charge in [-0.3, -0.25) is 14.5 Å². The smallest absolute Gasteiger partial charge is 0.414 e. The first-order valence-electron chi connectivity index (χ1n) is 10.2. The fourth-order valence-corrected chi connectivity index (χ4v) is 3.49. The van der Waals surface area contributed by atoms with Crippen LogP contribution in [0.5, 0.6) is 0 Å². The Morgan fingerprint density at radius 3 is 2.74 bits per heavy atom. The standard InChI is InChI=1S/C22H28FN3O5/c1-13(27)25-11-16-12-26(21(29)30-16)15-5-6-17(18(23)10-15)14-7-8-24-19(9-14)20(28)31-22(2,3)4/h5-7,10,16,19,24H,8-9,11-12H2,1-4H3,(H,25,27)/t16-,19?/m0/s1. The molecule has 0 spiro atoms. The van der Waals surface area contributed by atoms with Gasteiger partial charge in [0.2, 0.25) is 5.91 Å². The number of amides is 2. The van der Waals surface area contributed by atoms with Crippen LogP contribution in [0, 0.1) is 5.82 Å². The van der Waals surface area contributed by atoms with Gasteiger partial charge in [0.1, 0.15) is 23.6 Å². The molecule has 1 aromatic rings. The van der Waals surface area contributed by atoms with Gasteiger partial charge >= 0.3 is 12.1 Å². The lowest BCUT2D eigenvalue weighted by Gasteiger charge is -2.27. The summed E-state index contributed by atoms with van der Waals surface area (Å²) in [6, 6.07) is 3.97. The van der Waals surface area contributed by atoms with Crippen molar-refractivity contribution in [1.29, 1.82) is 0 Å². The van der Waals surface area contributed by atoms with E-state index in [1.54, 1.807) is 32.9 Å². The first-order chi connectivity index (χ1) is 14.5. The molecule has 1 unspecified atom stereocenters. The van der Waals surface area contributed by atoms with E-state index in [9.17, 15) is 18.8 Å². The predicted octanol–water partition coefficient (Wildman–Crippen LogP) is 2.37. The summed E-state index contributed by atoms with van der Waals surface area (Å²) < 4.78 is 25.6. The molecular weight excluding hydrogens is 405 g/mol. The highest BCUT2D eigenvalue weighted by Crippen LogP contribution is 2.30. The van der Waals surface area contributed by atoms with E-state index in [4.69, 9.17) is 9.47 Å². The zero-order valence-corrected chi connectivity index (χ0v) is 18.2. The molecule has 9 heteroatoms. The van der Waals surface area contributed by atoms with Gasteiger partial charge in [-0.05, 0) is 51.0 Å². The van der Waals surface area contributed by atoms with Crippen molar-refractivity contribution in [3.8, 4) is 0 Å². The molecule has 1 aromatic carbocycles. The van der Waals surface area contributed by atoms with E-state index < -0.39 is 29.7 Å². The summed E-state index contributed by atoms with van der Waals surface area (Å²) in [5.74, 6) is -1.09. The monoisotopic (exact) mass is 433 g/mol. The number of hydrogen-bond acceptors (Lipinski definition) is 6. The molecule has 2 N–H and O–H groups in total. The Bertz CT molecular complexity index is 909. The summed E-state index contributed by atoms with van der Waals surface area (Å²) in [6.07, 6.45) is 1.05. The third kappa shape index (κ3) is 5.81. The molecular formula is C22H28FN3O5. The second-order valence-electron chi connectivity index (χ2n) is 8.65. The fraction of sp³-hybridized carbons (Fsp3) is 0.500. The lowest BCUT2D eigenvalue weighted by molar-refractivity contribution is -0.157. The van der Waals surface area contributed by atoms with Crippen molar-refractivity contribution in [1.82, 2.24) is 10.6 Å². The topological polar surface area (TPSA) is 97.0 Å². The number of ether oxygens (including phenoxy) is 2. The lowest BCUT2D eigenvalue weighted by atomic mass is 9.94. The molecule has 31 heavy (non-hydrogen) atoms. The quantitative estimate of drug-likeness (QED) is 0.692. The van der Waals surface area contributed by atoms with Crippen molar-refractivity contribution in [2.45, 2.75) is 51.9 Å². The average Bonchev–Trinajstić information content (AvgIpc) is 3.06. The Labute approximate surface area is 180 Å². The zero-order chi connectivity index (χ0) is 22.8. The van der Waals surface area contributed by atoms with Gasteiger partial charge < -0.3 is 20.1 Å². The van der Waals surface area contributed by atoms with Crippen LogP contribution in [0.2, 0.25) is 0 Å². The maximum Gasteiger partial charge on any atom is 0.414 e. The maximum atomic E-state index is 15.0. The second-order valence-corrected chi connectivity index (χ2v) is 8.65. The van der Waals surface area contributed by atoms with Gasteiger partial charge in [-0.25, -0.2) is 9.18 Å². The third-order valence-electron chi connectivity index (χ3n) is 4.89. The van der Waals surface area contributed by atoms with E-state index in [0.717, 1.165) is 0 Å². The highest BCUT2D eigenvalue weighted by Gasteiger charge is 2.33. The maximum absolute atomic E-state index is 15.0. The van der Waals surface area contributed by atoms with Crippen LogP contribution in [0.3, 0.4) is 0 Å². The van der Waals surface area contributed by atoms with Crippen LogP contribution in [0.4, 0.5) is 14.9 Å². The molecule has 0 bridgehead atoms. The molecule has 1 fully saturated rings. The number of carbonyl (C=O) groups is 3. The van der Waals surface area contributed by atoms with Crippen LogP contribution in [0.25, 0.3) is 5.57 Å². The predicted molar refractivity (Wildman–Crippen MR) is 113 cm³/mol. The normalized spacial score (nSPS) is 21.4. The number of nitrogens with zero attached hydrogens (tertiary/aromatic N) is 1. The Morgan fingerprint density at radius 1 is 1.35 bits per heavy atom. The van der Waals surface area contributed by atoms with E-state index in [0.29, 0.717) is 29.8 Å². The van der Waals surface area contributed by atoms with Gasteiger partial charge in [0.15, 0.2) is 0 Å². The lowest BCUT2D eigenvalue weighted by Crippen LogP contribution is -2.43. The van der Waals surface area contributed by atoms with Crippen molar-refractivity contribution >= 4 is 29.2 Å². The molecule has 0 saturated carbocycles. The molecule has 0 radical (unpaired) electrons. The van der Waals surface area contributed by atoms with Gasteiger partial charge in [0.05, 0.1) is 18.8 Å². The van der Waals surface area contributed by atoms with Crippen LogP contribution >= 0.6 is 0 Å². The molecule has 2 atom stereocenters. The number of hydrogen-bond donors (Lipinski definition) is 2. The summed E-state index contributed by atoms with van der Waals surface area (Å²) in [7, 11) is 0. The molecule has 3 rings (SSSR count). The number of benzene rings is 1. The van der Waals surface area contributed by atoms with Gasteiger partial charge in [-0.15, -0.1) is 0 Å². The van der Waals surface area contributed by atoms with Crippen LogP contribution in [0.15, 0.2) is 24.3 Å². The second kappa shape index (κ2) is 9.05. The van der Waals surface area contributed by atoms with E-state index in [-0.39, 0.29) is 25.0 Å². The zero-order valence-electron chi connectivity index (χ0n) is 18.2.